The van der Waals surface area contributed by atoms with Crippen LogP contribution in [0.2, 0.25) is 0 Å². The lowest BCUT2D eigenvalue weighted by molar-refractivity contribution is -0.144. The van der Waals surface area contributed by atoms with Gasteiger partial charge in [-0.15, -0.1) is 0 Å². The summed E-state index contributed by atoms with van der Waals surface area (Å²) in [6, 6.07) is -2.22. The highest BCUT2D eigenvalue weighted by molar-refractivity contribution is 5.98. The van der Waals surface area contributed by atoms with E-state index >= 15 is 0 Å². The molecule has 6 atom stereocenters. The van der Waals surface area contributed by atoms with E-state index in [2.05, 4.69) is 26.6 Å². The van der Waals surface area contributed by atoms with Crippen LogP contribution < -0.4 is 32.3 Å². The van der Waals surface area contributed by atoms with Crippen molar-refractivity contribution in [2.24, 2.45) is 23.5 Å². The fourth-order valence-electron chi connectivity index (χ4n) is 5.00. The van der Waals surface area contributed by atoms with Crippen LogP contribution in [0, 0.1) is 17.8 Å². The summed E-state index contributed by atoms with van der Waals surface area (Å²) >= 11 is 0. The number of carboxylic acids is 2. The van der Waals surface area contributed by atoms with Gasteiger partial charge in [-0.05, 0) is 48.3 Å². The van der Waals surface area contributed by atoms with E-state index in [1.54, 1.807) is 53.7 Å². The van der Waals surface area contributed by atoms with Crippen molar-refractivity contribution < 1.29 is 53.7 Å². The fourth-order valence-corrected chi connectivity index (χ4v) is 5.00. The number of amides is 6. The van der Waals surface area contributed by atoms with E-state index in [-0.39, 0.29) is 24.5 Å². The van der Waals surface area contributed by atoms with Crippen LogP contribution >= 0.6 is 0 Å². The smallest absolute Gasteiger partial charge is 0.326 e. The summed E-state index contributed by atoms with van der Waals surface area (Å²) in [6.07, 6.45) is -1.45. The van der Waals surface area contributed by atoms with Crippen molar-refractivity contribution in [2.75, 3.05) is 14.1 Å². The summed E-state index contributed by atoms with van der Waals surface area (Å²) in [7, 11) is 2.79. The zero-order valence-corrected chi connectivity index (χ0v) is 31.5. The van der Waals surface area contributed by atoms with Crippen LogP contribution in [-0.2, 0) is 44.8 Å². The molecule has 0 aliphatic carbocycles. The summed E-state index contributed by atoms with van der Waals surface area (Å²) in [5.41, 5.74) is 6.76. The zero-order chi connectivity index (χ0) is 40.7. The Morgan fingerprint density at radius 3 is 1.51 bits per heavy atom. The normalized spacial score (nSPS) is 14.6. The number of nitrogens with one attached hydrogen (secondary N) is 5. The molecule has 1 aromatic rings. The van der Waals surface area contributed by atoms with Crippen LogP contribution in [-0.4, -0.2) is 118 Å². The third-order valence-electron chi connectivity index (χ3n) is 8.07. The average Bonchev–Trinajstić information content (AvgIpc) is 3.04. The third kappa shape index (κ3) is 15.9. The highest BCUT2D eigenvalue weighted by Crippen LogP contribution is 2.13. The van der Waals surface area contributed by atoms with Gasteiger partial charge < -0.3 is 52.5 Å². The number of rotatable bonds is 21. The second-order valence-corrected chi connectivity index (χ2v) is 14.2. The first-order valence-corrected chi connectivity index (χ1v) is 17.2. The molecule has 296 valence electrons. The number of nitrogens with zero attached hydrogens (tertiary/aromatic N) is 1. The number of carboxylic acid groups (broad SMARTS) is 2. The number of phenols is 1. The number of hydrogen-bond donors (Lipinski definition) is 9. The Bertz CT molecular complexity index is 1460. The van der Waals surface area contributed by atoms with Gasteiger partial charge in [-0.3, -0.25) is 33.6 Å². The Labute approximate surface area is 309 Å². The summed E-state index contributed by atoms with van der Waals surface area (Å²) in [5, 5.41) is 40.6. The van der Waals surface area contributed by atoms with Crippen molar-refractivity contribution >= 4 is 47.4 Å². The van der Waals surface area contributed by atoms with Gasteiger partial charge in [0, 0.05) is 14.1 Å². The van der Waals surface area contributed by atoms with Crippen LogP contribution in [0.4, 0.5) is 0 Å². The average molecular weight is 750 g/mol. The van der Waals surface area contributed by atoms with Gasteiger partial charge in [-0.1, -0.05) is 53.7 Å². The molecule has 0 aliphatic heterocycles. The molecular formula is C35H55N7O11. The summed E-state index contributed by atoms with van der Waals surface area (Å²) < 4.78 is 0. The molecule has 1 rings (SSSR count). The lowest BCUT2D eigenvalue weighted by Gasteiger charge is -2.29. The molecule has 0 radical (unpaired) electrons. The zero-order valence-electron chi connectivity index (χ0n) is 31.5. The van der Waals surface area contributed by atoms with E-state index in [0.717, 1.165) is 4.90 Å². The van der Waals surface area contributed by atoms with Crippen LogP contribution in [0.3, 0.4) is 0 Å². The highest BCUT2D eigenvalue weighted by Gasteiger charge is 2.36. The molecule has 10 N–H and O–H groups in total. The molecule has 0 bridgehead atoms. The molecule has 18 nitrogen and oxygen atoms in total. The molecule has 0 saturated heterocycles. The summed E-state index contributed by atoms with van der Waals surface area (Å²) in [6.45, 7) is 9.97. The molecule has 0 spiro atoms. The van der Waals surface area contributed by atoms with E-state index in [1.165, 1.54) is 26.2 Å². The van der Waals surface area contributed by atoms with Gasteiger partial charge in [-0.2, -0.15) is 0 Å². The minimum Gasteiger partial charge on any atom is -0.508 e. The molecule has 0 heterocycles. The number of hydrogen-bond acceptors (Lipinski definition) is 10. The number of aromatic hydroxyl groups is 1. The lowest BCUT2D eigenvalue weighted by atomic mass is 9.98. The highest BCUT2D eigenvalue weighted by atomic mass is 16.4. The number of carbonyl (C=O) groups excluding carboxylic acids is 6. The molecule has 0 unspecified atom stereocenters. The maximum Gasteiger partial charge on any atom is 0.326 e. The van der Waals surface area contributed by atoms with Crippen LogP contribution in [0.25, 0.3) is 0 Å². The van der Waals surface area contributed by atoms with Gasteiger partial charge in [-0.25, -0.2) is 4.79 Å². The Morgan fingerprint density at radius 1 is 0.642 bits per heavy atom. The number of carbonyl (C=O) groups is 8. The summed E-state index contributed by atoms with van der Waals surface area (Å²) in [4.78, 5) is 104. The predicted molar refractivity (Wildman–Crippen MR) is 192 cm³/mol. The maximum atomic E-state index is 13.7. The minimum atomic E-state index is -1.78. The second kappa shape index (κ2) is 21.3. The Balaban J connectivity index is 3.24. The fraction of sp³-hybridized carbons (Fsp3) is 0.600. The van der Waals surface area contributed by atoms with Crippen molar-refractivity contribution in [3.05, 3.63) is 29.8 Å². The van der Waals surface area contributed by atoms with Crippen molar-refractivity contribution in [1.82, 2.24) is 31.5 Å². The number of phenolic OH excluding ortho intramolecular Hbond substituents is 1. The molecule has 0 aromatic heterocycles. The van der Waals surface area contributed by atoms with E-state index in [9.17, 15) is 53.7 Å². The summed E-state index contributed by atoms with van der Waals surface area (Å²) in [5.74, 6) is -9.16. The van der Waals surface area contributed by atoms with Crippen molar-refractivity contribution in [3.63, 3.8) is 0 Å². The molecule has 0 fully saturated rings. The van der Waals surface area contributed by atoms with Crippen LogP contribution in [0.5, 0.6) is 5.75 Å². The third-order valence-corrected chi connectivity index (χ3v) is 8.07. The van der Waals surface area contributed by atoms with Gasteiger partial charge >= 0.3 is 11.9 Å². The van der Waals surface area contributed by atoms with E-state index in [1.807, 2.05) is 0 Å². The first-order chi connectivity index (χ1) is 24.5. The molecule has 18 heteroatoms. The molecule has 6 amide bonds. The minimum absolute atomic E-state index is 0.0150. The lowest BCUT2D eigenvalue weighted by Crippen LogP contribution is -2.61. The van der Waals surface area contributed by atoms with Crippen LogP contribution in [0.1, 0.15) is 66.4 Å². The van der Waals surface area contributed by atoms with Crippen LogP contribution in [0.15, 0.2) is 24.3 Å². The van der Waals surface area contributed by atoms with E-state index in [4.69, 9.17) is 5.73 Å². The number of aliphatic carboxylic acids is 2. The molecule has 0 aliphatic rings. The topological polar surface area (TPSA) is 287 Å². The monoisotopic (exact) mass is 749 g/mol. The van der Waals surface area contributed by atoms with Crippen molar-refractivity contribution in [3.8, 4) is 5.75 Å². The number of benzene rings is 1. The molecule has 0 saturated carbocycles. The first kappa shape index (κ1) is 45.8. The largest absolute Gasteiger partial charge is 0.508 e. The van der Waals surface area contributed by atoms with Crippen molar-refractivity contribution in [1.29, 1.82) is 0 Å². The maximum absolute atomic E-state index is 13.7. The van der Waals surface area contributed by atoms with E-state index in [0.29, 0.717) is 5.56 Å². The quantitative estimate of drug-likeness (QED) is 0.0738. The van der Waals surface area contributed by atoms with Gasteiger partial charge in [0.25, 0.3) is 0 Å². The van der Waals surface area contributed by atoms with Gasteiger partial charge in [0.1, 0.15) is 36.0 Å². The Kier molecular flexibility index (Phi) is 18.4. The second-order valence-electron chi connectivity index (χ2n) is 14.2. The molecule has 53 heavy (non-hydrogen) atoms. The molecule has 1 aromatic carbocycles. The molecular weight excluding hydrogens is 694 g/mol. The Hall–Kier alpha value is -5.26. The SMILES string of the molecule is CC(C)C[C@H](NC(=O)[C@H](CC(=O)O)NC(=O)[C@H](CC(=O)N(C)C)NC(=O)[C@@H](NC(=O)[C@@H](NC(=O)[C@@H](N)Cc1ccc(O)cc1)C(C)C)C(C)C)C(=O)O. The predicted octanol–water partition coefficient (Wildman–Crippen LogP) is -0.918. The van der Waals surface area contributed by atoms with Gasteiger partial charge in [0.15, 0.2) is 0 Å². The standard InChI is InChI=1S/C35H55N7O11/c1-17(2)13-25(35(52)53)39-32(49)24(16-27(45)46)37-31(48)23(15-26(44)42(7)8)38-33(50)28(18(3)4)41-34(51)29(19(5)6)40-30(47)22(36)14-20-9-11-21(43)12-10-20/h9-12,17-19,22-25,28-29,43H,13-16,36H2,1-8H3,(H,37,48)(H,38,50)(H,39,49)(H,40,47)(H,41,51)(H,45,46)(H,52,53)/t22-,23-,24-,25-,28-,29-/m0/s1. The van der Waals surface area contributed by atoms with Gasteiger partial charge in [0.05, 0.1) is 18.9 Å². The van der Waals surface area contributed by atoms with E-state index < -0.39 is 108 Å². The number of nitrogens with two attached hydrogens (primary N) is 1. The Morgan fingerprint density at radius 2 is 1.08 bits per heavy atom. The van der Waals surface area contributed by atoms with Crippen molar-refractivity contribution in [2.45, 2.75) is 103 Å². The first-order valence-electron chi connectivity index (χ1n) is 17.2. The van der Waals surface area contributed by atoms with Gasteiger partial charge in [0.2, 0.25) is 35.4 Å².